The van der Waals surface area contributed by atoms with E-state index in [0.29, 0.717) is 13.0 Å². The Morgan fingerprint density at radius 3 is 2.37 bits per heavy atom. The molecule has 106 valence electrons. The highest BCUT2D eigenvalue weighted by atomic mass is 19.1. The average molecular weight is 267 g/mol. The van der Waals surface area contributed by atoms with Gasteiger partial charge >= 0.3 is 0 Å². The Morgan fingerprint density at radius 2 is 1.89 bits per heavy atom. The fourth-order valence-corrected chi connectivity index (χ4v) is 1.92. The van der Waals surface area contributed by atoms with Crippen LogP contribution in [0.5, 0.6) is 0 Å². The van der Waals surface area contributed by atoms with Crippen molar-refractivity contribution in [1.29, 1.82) is 0 Å². The monoisotopic (exact) mass is 267 g/mol. The Morgan fingerprint density at radius 1 is 1.32 bits per heavy atom. The molecule has 4 heteroatoms. The lowest BCUT2D eigenvalue weighted by molar-refractivity contribution is -0.137. The van der Waals surface area contributed by atoms with Crippen LogP contribution in [-0.4, -0.2) is 36.1 Å². The summed E-state index contributed by atoms with van der Waals surface area (Å²) in [4.78, 5) is 13.7. The average Bonchev–Trinajstić information content (AvgIpc) is 2.38. The van der Waals surface area contributed by atoms with Gasteiger partial charge in [0.25, 0.3) is 0 Å². The third-order valence-corrected chi connectivity index (χ3v) is 3.34. The minimum Gasteiger partial charge on any atom is -0.396 e. The van der Waals surface area contributed by atoms with Crippen molar-refractivity contribution in [3.8, 4) is 0 Å². The van der Waals surface area contributed by atoms with Gasteiger partial charge in [0, 0.05) is 13.6 Å². The Labute approximate surface area is 114 Å². The summed E-state index contributed by atoms with van der Waals surface area (Å²) in [5.74, 6) is -0.531. The van der Waals surface area contributed by atoms with Crippen LogP contribution in [-0.2, 0) is 11.2 Å². The van der Waals surface area contributed by atoms with Crippen LogP contribution in [0.4, 0.5) is 4.39 Å². The largest absolute Gasteiger partial charge is 0.396 e. The van der Waals surface area contributed by atoms with Crippen molar-refractivity contribution in [3.05, 3.63) is 35.6 Å². The number of nitrogens with zero attached hydrogens (tertiary/aromatic N) is 1. The maximum atomic E-state index is 12.8. The third-order valence-electron chi connectivity index (χ3n) is 3.34. The molecule has 0 spiro atoms. The van der Waals surface area contributed by atoms with Crippen molar-refractivity contribution in [2.24, 2.45) is 11.8 Å². The van der Waals surface area contributed by atoms with E-state index in [2.05, 4.69) is 0 Å². The highest BCUT2D eigenvalue weighted by Crippen LogP contribution is 2.13. The van der Waals surface area contributed by atoms with Gasteiger partial charge in [-0.25, -0.2) is 4.39 Å². The number of halogens is 1. The molecule has 0 aliphatic rings. The first-order valence-electron chi connectivity index (χ1n) is 6.56. The number of hydrogen-bond donors (Lipinski definition) is 1. The molecule has 0 radical (unpaired) electrons. The number of amides is 1. The number of aliphatic hydroxyl groups excluding tert-OH is 1. The lowest BCUT2D eigenvalue weighted by Crippen LogP contribution is -2.38. The second-order valence-corrected chi connectivity index (χ2v) is 5.17. The maximum Gasteiger partial charge on any atom is 0.228 e. The maximum absolute atomic E-state index is 12.8. The summed E-state index contributed by atoms with van der Waals surface area (Å²) in [6, 6.07) is 6.28. The van der Waals surface area contributed by atoms with E-state index >= 15 is 0 Å². The van der Waals surface area contributed by atoms with Crippen molar-refractivity contribution in [1.82, 2.24) is 4.90 Å². The predicted molar refractivity (Wildman–Crippen MR) is 73.2 cm³/mol. The van der Waals surface area contributed by atoms with Gasteiger partial charge in [-0.2, -0.15) is 0 Å². The summed E-state index contributed by atoms with van der Waals surface area (Å²) in [6.07, 6.45) is 0.679. The van der Waals surface area contributed by atoms with E-state index in [4.69, 9.17) is 0 Å². The standard InChI is InChI=1S/C15H22FNO2/c1-11(2)14(10-18)15(19)17(3)9-8-12-4-6-13(16)7-5-12/h4-7,11,14,18H,8-10H2,1-3H3. The van der Waals surface area contributed by atoms with E-state index in [9.17, 15) is 14.3 Å². The van der Waals surface area contributed by atoms with Gasteiger partial charge in [0.05, 0.1) is 12.5 Å². The van der Waals surface area contributed by atoms with Gasteiger partial charge in [-0.15, -0.1) is 0 Å². The van der Waals surface area contributed by atoms with Crippen LogP contribution in [0, 0.1) is 17.7 Å². The number of hydrogen-bond acceptors (Lipinski definition) is 2. The molecule has 1 N–H and O–H groups in total. The molecule has 1 aromatic carbocycles. The zero-order chi connectivity index (χ0) is 14.4. The quantitative estimate of drug-likeness (QED) is 0.857. The molecule has 0 saturated carbocycles. The van der Waals surface area contributed by atoms with E-state index < -0.39 is 0 Å². The van der Waals surface area contributed by atoms with E-state index in [1.165, 1.54) is 12.1 Å². The summed E-state index contributed by atoms with van der Waals surface area (Å²) in [5.41, 5.74) is 0.992. The molecule has 0 fully saturated rings. The molecule has 0 aliphatic heterocycles. The Hall–Kier alpha value is -1.42. The Balaban J connectivity index is 2.52. The second-order valence-electron chi connectivity index (χ2n) is 5.17. The molecule has 1 amide bonds. The van der Waals surface area contributed by atoms with Crippen LogP contribution in [0.2, 0.25) is 0 Å². The molecule has 1 unspecified atom stereocenters. The molecule has 0 aliphatic carbocycles. The first-order valence-corrected chi connectivity index (χ1v) is 6.56. The molecule has 1 atom stereocenters. The van der Waals surface area contributed by atoms with Gasteiger partial charge in [-0.1, -0.05) is 26.0 Å². The normalized spacial score (nSPS) is 12.5. The Kier molecular flexibility index (Phi) is 5.96. The molecule has 0 heterocycles. The summed E-state index contributed by atoms with van der Waals surface area (Å²) in [5, 5.41) is 9.24. The van der Waals surface area contributed by atoms with Crippen molar-refractivity contribution < 1.29 is 14.3 Å². The number of carbonyl (C=O) groups is 1. The van der Waals surface area contributed by atoms with Gasteiger partial charge in [0.1, 0.15) is 5.82 Å². The molecular formula is C15H22FNO2. The van der Waals surface area contributed by atoms with Crippen LogP contribution in [0.1, 0.15) is 19.4 Å². The predicted octanol–water partition coefficient (Wildman–Crippen LogP) is 2.09. The van der Waals surface area contributed by atoms with Gasteiger partial charge in [0.15, 0.2) is 0 Å². The lowest BCUT2D eigenvalue weighted by Gasteiger charge is -2.24. The topological polar surface area (TPSA) is 40.5 Å². The van der Waals surface area contributed by atoms with Crippen molar-refractivity contribution in [2.75, 3.05) is 20.2 Å². The molecule has 0 aromatic heterocycles. The lowest BCUT2D eigenvalue weighted by atomic mass is 9.95. The highest BCUT2D eigenvalue weighted by Gasteiger charge is 2.24. The SMILES string of the molecule is CC(C)C(CO)C(=O)N(C)CCc1ccc(F)cc1. The molecule has 1 aromatic rings. The van der Waals surface area contributed by atoms with Crippen LogP contribution in [0.25, 0.3) is 0 Å². The highest BCUT2D eigenvalue weighted by molar-refractivity contribution is 5.78. The van der Waals surface area contributed by atoms with Crippen molar-refractivity contribution >= 4 is 5.91 Å². The zero-order valence-corrected chi connectivity index (χ0v) is 11.8. The van der Waals surface area contributed by atoms with Crippen LogP contribution in [0.15, 0.2) is 24.3 Å². The molecule has 19 heavy (non-hydrogen) atoms. The smallest absolute Gasteiger partial charge is 0.228 e. The number of likely N-dealkylation sites (N-methyl/N-ethyl adjacent to an activating group) is 1. The van der Waals surface area contributed by atoms with Gasteiger partial charge < -0.3 is 10.0 Å². The third kappa shape index (κ3) is 4.63. The fourth-order valence-electron chi connectivity index (χ4n) is 1.92. The summed E-state index contributed by atoms with van der Waals surface area (Å²) in [6.45, 7) is 4.28. The van der Waals surface area contributed by atoms with Gasteiger partial charge in [-0.05, 0) is 30.0 Å². The molecule has 0 bridgehead atoms. The molecule has 1 rings (SSSR count). The van der Waals surface area contributed by atoms with Crippen LogP contribution >= 0.6 is 0 Å². The minimum absolute atomic E-state index is 0.0420. The molecular weight excluding hydrogens is 245 g/mol. The first kappa shape index (κ1) is 15.6. The zero-order valence-electron chi connectivity index (χ0n) is 11.8. The minimum atomic E-state index is -0.349. The van der Waals surface area contributed by atoms with E-state index in [-0.39, 0.29) is 30.2 Å². The second kappa shape index (κ2) is 7.24. The number of benzene rings is 1. The van der Waals surface area contributed by atoms with Crippen LogP contribution in [0.3, 0.4) is 0 Å². The van der Waals surface area contributed by atoms with Crippen LogP contribution < -0.4 is 0 Å². The number of rotatable bonds is 6. The number of aliphatic hydroxyl groups is 1. The summed E-state index contributed by atoms with van der Waals surface area (Å²) >= 11 is 0. The van der Waals surface area contributed by atoms with Gasteiger partial charge in [-0.3, -0.25) is 4.79 Å². The Bertz CT molecular complexity index is 403. The summed E-state index contributed by atoms with van der Waals surface area (Å²) in [7, 11) is 1.73. The van der Waals surface area contributed by atoms with Crippen molar-refractivity contribution in [3.63, 3.8) is 0 Å². The summed E-state index contributed by atoms with van der Waals surface area (Å²) < 4.78 is 12.8. The molecule has 0 saturated heterocycles. The van der Waals surface area contributed by atoms with E-state index in [1.54, 1.807) is 24.1 Å². The van der Waals surface area contributed by atoms with Gasteiger partial charge in [0.2, 0.25) is 5.91 Å². The van der Waals surface area contributed by atoms with E-state index in [1.807, 2.05) is 13.8 Å². The fraction of sp³-hybridized carbons (Fsp3) is 0.533. The molecule has 3 nitrogen and oxygen atoms in total. The van der Waals surface area contributed by atoms with E-state index in [0.717, 1.165) is 5.56 Å². The van der Waals surface area contributed by atoms with Crippen molar-refractivity contribution in [2.45, 2.75) is 20.3 Å². The first-order chi connectivity index (χ1) is 8.95. The number of carbonyl (C=O) groups excluding carboxylic acids is 1.